The molecule has 0 atom stereocenters. The topological polar surface area (TPSA) is 8.17 Å². The highest BCUT2D eigenvalue weighted by molar-refractivity contribution is 7.32. The van der Waals surface area contributed by atoms with Crippen LogP contribution in [0.5, 0.6) is 0 Å². The van der Waals surface area contributed by atoms with Gasteiger partial charge in [-0.3, -0.25) is 0 Å². The molecule has 0 amide bonds. The van der Waals surface area contributed by atoms with Crippen molar-refractivity contribution >= 4 is 96.5 Å². The third kappa shape index (κ3) is 6.06. The van der Waals surface area contributed by atoms with E-state index in [1.54, 1.807) is 0 Å². The third-order valence-electron chi connectivity index (χ3n) is 14.1. The van der Waals surface area contributed by atoms with Crippen molar-refractivity contribution in [3.8, 4) is 5.69 Å². The van der Waals surface area contributed by atoms with Crippen LogP contribution < -0.4 is 46.4 Å². The number of fused-ring (bicyclic) bond motifs is 5. The highest BCUT2D eigenvalue weighted by Gasteiger charge is 2.56. The number of aromatic nitrogens is 1. The lowest BCUT2D eigenvalue weighted by atomic mass is 10.1. The lowest BCUT2D eigenvalue weighted by molar-refractivity contribution is 1.18. The highest BCUT2D eigenvalue weighted by Crippen LogP contribution is 2.40. The molecule has 0 aliphatic carbocycles. The summed E-state index contributed by atoms with van der Waals surface area (Å²) in [7, 11) is -5.70. The summed E-state index contributed by atoms with van der Waals surface area (Å²) < 4.78 is 2.46. The molecule has 66 heavy (non-hydrogen) atoms. The van der Waals surface area contributed by atoms with Gasteiger partial charge < -0.3 is 9.47 Å². The Morgan fingerprint density at radius 3 is 1.12 bits per heavy atom. The molecule has 2 nitrogen and oxygen atoms in total. The molecule has 12 rings (SSSR count). The Labute approximate surface area is 389 Å². The van der Waals surface area contributed by atoms with Crippen LogP contribution in [0.25, 0.3) is 27.5 Å². The highest BCUT2D eigenvalue weighted by atomic mass is 28.3. The molecule has 4 heteroatoms. The number of rotatable bonds is 8. The summed E-state index contributed by atoms with van der Waals surface area (Å²) in [5, 5.41) is 14.0. The molecule has 0 saturated carbocycles. The number of para-hydroxylation sites is 1. The molecular formula is C62H48N2Si2. The van der Waals surface area contributed by atoms with Crippen molar-refractivity contribution in [1.82, 2.24) is 4.57 Å². The lowest BCUT2D eigenvalue weighted by Gasteiger charge is -2.48. The molecule has 1 aromatic heterocycles. The Balaban J connectivity index is 1.07. The first-order valence-corrected chi connectivity index (χ1v) is 27.0. The molecule has 1 aliphatic heterocycles. The van der Waals surface area contributed by atoms with E-state index in [1.165, 1.54) is 74.4 Å². The number of nitrogens with zero attached hydrogens (tertiary/aromatic N) is 2. The first-order chi connectivity index (χ1) is 32.6. The molecule has 0 saturated heterocycles. The fraction of sp³-hybridized carbons (Fsp3) is 0.0323. The maximum atomic E-state index is 2.48. The van der Waals surface area contributed by atoms with Crippen LogP contribution in [0.3, 0.4) is 0 Å². The third-order valence-corrected chi connectivity index (χ3v) is 24.4. The van der Waals surface area contributed by atoms with E-state index in [1.807, 2.05) is 0 Å². The number of aryl methyl sites for hydroxylation is 2. The number of benzene rings is 10. The first-order valence-electron chi connectivity index (χ1n) is 23.0. The molecule has 0 bridgehead atoms. The van der Waals surface area contributed by atoms with E-state index < -0.39 is 16.1 Å². The molecule has 0 fully saturated rings. The van der Waals surface area contributed by atoms with E-state index >= 15 is 0 Å². The summed E-state index contributed by atoms with van der Waals surface area (Å²) in [6.07, 6.45) is 0. The second-order valence-electron chi connectivity index (χ2n) is 17.8. The van der Waals surface area contributed by atoms with Gasteiger partial charge >= 0.3 is 0 Å². The van der Waals surface area contributed by atoms with Gasteiger partial charge in [-0.05, 0) is 116 Å². The second kappa shape index (κ2) is 16.0. The van der Waals surface area contributed by atoms with Gasteiger partial charge in [-0.1, -0.05) is 205 Å². The molecule has 2 heterocycles. The minimum Gasteiger partial charge on any atom is -0.310 e. The Kier molecular flexibility index (Phi) is 9.67. The van der Waals surface area contributed by atoms with Crippen molar-refractivity contribution in [3.63, 3.8) is 0 Å². The van der Waals surface area contributed by atoms with Crippen LogP contribution in [-0.2, 0) is 0 Å². The van der Waals surface area contributed by atoms with Crippen molar-refractivity contribution in [2.75, 3.05) is 4.90 Å². The monoisotopic (exact) mass is 876 g/mol. The summed E-state index contributed by atoms with van der Waals surface area (Å²) in [4.78, 5) is 2.37. The maximum absolute atomic E-state index is 2.92. The minimum atomic E-state index is -2.92. The number of anilines is 3. The van der Waals surface area contributed by atoms with Crippen molar-refractivity contribution in [2.45, 2.75) is 13.8 Å². The van der Waals surface area contributed by atoms with E-state index in [9.17, 15) is 0 Å². The van der Waals surface area contributed by atoms with Crippen LogP contribution in [0.4, 0.5) is 17.1 Å². The van der Waals surface area contributed by atoms with Crippen molar-refractivity contribution < 1.29 is 0 Å². The van der Waals surface area contributed by atoms with Crippen LogP contribution in [-0.4, -0.2) is 20.7 Å². The molecule has 0 spiro atoms. The predicted octanol–water partition coefficient (Wildman–Crippen LogP) is 9.94. The van der Waals surface area contributed by atoms with E-state index in [2.05, 4.69) is 278 Å². The lowest BCUT2D eigenvalue weighted by Crippen LogP contribution is -2.93. The van der Waals surface area contributed by atoms with Gasteiger partial charge in [-0.15, -0.1) is 0 Å². The first kappa shape index (κ1) is 39.8. The van der Waals surface area contributed by atoms with E-state index in [0.717, 1.165) is 22.7 Å². The van der Waals surface area contributed by atoms with Crippen LogP contribution in [0, 0.1) is 13.8 Å². The zero-order chi connectivity index (χ0) is 44.2. The fourth-order valence-electron chi connectivity index (χ4n) is 11.3. The van der Waals surface area contributed by atoms with Crippen molar-refractivity contribution in [2.24, 2.45) is 0 Å². The Hall–Kier alpha value is -7.77. The van der Waals surface area contributed by atoms with Gasteiger partial charge in [0.25, 0.3) is 0 Å². The summed E-state index contributed by atoms with van der Waals surface area (Å²) in [6.45, 7) is 4.29. The van der Waals surface area contributed by atoms with Crippen LogP contribution >= 0.6 is 0 Å². The quantitative estimate of drug-likeness (QED) is 0.138. The van der Waals surface area contributed by atoms with Gasteiger partial charge in [-0.2, -0.15) is 0 Å². The molecule has 11 aromatic rings. The minimum absolute atomic E-state index is 1.13. The molecule has 0 radical (unpaired) electrons. The van der Waals surface area contributed by atoms with Gasteiger partial charge in [0.05, 0.1) is 11.0 Å². The molecule has 0 N–H and O–H groups in total. The van der Waals surface area contributed by atoms with Crippen LogP contribution in [0.15, 0.2) is 255 Å². The van der Waals surface area contributed by atoms with Gasteiger partial charge in [0.2, 0.25) is 0 Å². The summed E-state index contributed by atoms with van der Waals surface area (Å²) in [5.74, 6) is 0. The van der Waals surface area contributed by atoms with E-state index in [-0.39, 0.29) is 0 Å². The largest absolute Gasteiger partial charge is 0.310 e. The number of hydrogen-bond acceptors (Lipinski definition) is 1. The van der Waals surface area contributed by atoms with Gasteiger partial charge in [0, 0.05) is 33.5 Å². The molecule has 314 valence electrons. The second-order valence-corrected chi connectivity index (χ2v) is 25.3. The van der Waals surface area contributed by atoms with Crippen molar-refractivity contribution in [1.29, 1.82) is 0 Å². The van der Waals surface area contributed by atoms with E-state index in [0.29, 0.717) is 0 Å². The normalized spacial score (nSPS) is 13.5. The summed E-state index contributed by atoms with van der Waals surface area (Å²) >= 11 is 0. The zero-order valence-corrected chi connectivity index (χ0v) is 39.1. The average molecular weight is 877 g/mol. The number of hydrogen-bond donors (Lipinski definition) is 0. The summed E-state index contributed by atoms with van der Waals surface area (Å²) in [6, 6.07) is 96.5. The summed E-state index contributed by atoms with van der Waals surface area (Å²) in [5.41, 5.74) is 9.43. The van der Waals surface area contributed by atoms with Gasteiger partial charge in [0.1, 0.15) is 0 Å². The van der Waals surface area contributed by atoms with Gasteiger partial charge in [-0.25, -0.2) is 0 Å². The molecule has 10 aromatic carbocycles. The van der Waals surface area contributed by atoms with Crippen LogP contribution in [0.1, 0.15) is 11.1 Å². The fourth-order valence-corrected chi connectivity index (χ4v) is 23.3. The predicted molar refractivity (Wildman–Crippen MR) is 286 cm³/mol. The molecule has 1 aliphatic rings. The molecule has 0 unspecified atom stereocenters. The Bertz CT molecular complexity index is 3390. The Morgan fingerprint density at radius 1 is 0.303 bits per heavy atom. The Morgan fingerprint density at radius 2 is 0.667 bits per heavy atom. The van der Waals surface area contributed by atoms with Crippen LogP contribution in [0.2, 0.25) is 0 Å². The molecular weight excluding hydrogens is 829 g/mol. The smallest absolute Gasteiger partial charge is 0.179 e. The van der Waals surface area contributed by atoms with Gasteiger partial charge in [0.15, 0.2) is 16.1 Å². The SMILES string of the molecule is Cc1ccc(N(c2ccc(C)cc2)c2ccc3c(c2)c2ccccc2n3-c2ccc([Si]3(c4ccccc4)c4ccccc4[Si](c4ccccc4)(c4ccccc4)c4ccccc43)cc2)cc1. The average Bonchev–Trinajstić information content (AvgIpc) is 3.71. The zero-order valence-electron chi connectivity index (χ0n) is 37.1. The van der Waals surface area contributed by atoms with Crippen molar-refractivity contribution in [3.05, 3.63) is 266 Å². The van der Waals surface area contributed by atoms with E-state index in [4.69, 9.17) is 0 Å². The maximum Gasteiger partial charge on any atom is 0.179 e. The standard InChI is InChI=1S/C62H48N2Si2/c1-45-30-34-47(35-31-45)63(48-36-32-46(2)33-37-48)50-40-43-58-56(44-50)55-24-12-13-25-57(55)64(58)49-38-41-54(42-39-49)66(53-22-10-5-11-23-53)61-28-16-14-26-59(61)65(51-18-6-3-7-19-51,52-20-8-4-9-21-52)60-27-15-17-29-62(60)66/h3-44H,1-2H3.